The molecule has 0 bridgehead atoms. The Morgan fingerprint density at radius 1 is 1.04 bits per heavy atom. The number of benzene rings is 2. The van der Waals surface area contributed by atoms with Crippen LogP contribution in [0.3, 0.4) is 0 Å². The van der Waals surface area contributed by atoms with Gasteiger partial charge in [-0.2, -0.15) is 0 Å². The van der Waals surface area contributed by atoms with Crippen molar-refractivity contribution in [2.24, 2.45) is 0 Å². The first-order valence-electron chi connectivity index (χ1n) is 7.68. The number of nitrogens with one attached hydrogen (secondary N) is 1. The molecule has 3 amide bonds. The molecule has 0 saturated carbocycles. The Bertz CT molecular complexity index is 736. The van der Waals surface area contributed by atoms with Gasteiger partial charge in [-0.25, -0.2) is 9.18 Å². The van der Waals surface area contributed by atoms with Gasteiger partial charge in [-0.15, -0.1) is 0 Å². The molecule has 1 aliphatic rings. The zero-order valence-electron chi connectivity index (χ0n) is 12.9. The maximum atomic E-state index is 13.5. The van der Waals surface area contributed by atoms with E-state index in [-0.39, 0.29) is 24.8 Å². The van der Waals surface area contributed by atoms with Gasteiger partial charge in [0, 0.05) is 6.42 Å². The molecule has 1 aliphatic heterocycles. The molecule has 2 aromatic rings. The van der Waals surface area contributed by atoms with Gasteiger partial charge in [0.2, 0.25) is 0 Å². The molecule has 24 heavy (non-hydrogen) atoms. The van der Waals surface area contributed by atoms with Crippen LogP contribution in [0.5, 0.6) is 5.75 Å². The van der Waals surface area contributed by atoms with Gasteiger partial charge in [-0.3, -0.25) is 9.69 Å². The number of para-hydroxylation sites is 1. The summed E-state index contributed by atoms with van der Waals surface area (Å²) >= 11 is 0. The van der Waals surface area contributed by atoms with Crippen molar-refractivity contribution in [3.05, 3.63) is 66.0 Å². The molecule has 1 atom stereocenters. The van der Waals surface area contributed by atoms with Crippen molar-refractivity contribution in [3.63, 3.8) is 0 Å². The quantitative estimate of drug-likeness (QED) is 0.828. The number of carbonyl (C=O) groups excluding carboxylic acids is 2. The number of ether oxygens (including phenoxy) is 1. The van der Waals surface area contributed by atoms with Crippen LogP contribution in [0.1, 0.15) is 5.56 Å². The molecular formula is C18H17FN2O3. The van der Waals surface area contributed by atoms with Crippen LogP contribution < -0.4 is 10.1 Å². The summed E-state index contributed by atoms with van der Waals surface area (Å²) in [5, 5.41) is 2.67. The molecule has 5 nitrogen and oxygen atoms in total. The highest BCUT2D eigenvalue weighted by atomic mass is 19.1. The SMILES string of the molecule is O=C1N[C@H](Cc2ccccc2)C(=O)N1CCOc1ccccc1F. The molecule has 1 fully saturated rings. The first-order chi connectivity index (χ1) is 11.6. The van der Waals surface area contributed by atoms with Gasteiger partial charge in [0.1, 0.15) is 12.6 Å². The third kappa shape index (κ3) is 3.53. The number of hydrogen-bond donors (Lipinski definition) is 1. The number of hydrogen-bond acceptors (Lipinski definition) is 3. The summed E-state index contributed by atoms with van der Waals surface area (Å²) in [4.78, 5) is 25.4. The average molecular weight is 328 g/mol. The Kier molecular flexibility index (Phi) is 4.74. The van der Waals surface area contributed by atoms with Crippen LogP contribution in [0.2, 0.25) is 0 Å². The van der Waals surface area contributed by atoms with Gasteiger partial charge in [-0.05, 0) is 17.7 Å². The van der Waals surface area contributed by atoms with Gasteiger partial charge in [0.15, 0.2) is 11.6 Å². The van der Waals surface area contributed by atoms with Crippen molar-refractivity contribution >= 4 is 11.9 Å². The van der Waals surface area contributed by atoms with E-state index in [2.05, 4.69) is 5.32 Å². The summed E-state index contributed by atoms with van der Waals surface area (Å²) in [5.41, 5.74) is 0.973. The molecule has 1 N–H and O–H groups in total. The van der Waals surface area contributed by atoms with E-state index in [0.29, 0.717) is 6.42 Å². The predicted molar refractivity (Wildman–Crippen MR) is 86.1 cm³/mol. The molecule has 0 aliphatic carbocycles. The number of rotatable bonds is 6. The molecular weight excluding hydrogens is 311 g/mol. The fourth-order valence-corrected chi connectivity index (χ4v) is 2.59. The first kappa shape index (κ1) is 16.0. The molecule has 2 aromatic carbocycles. The third-order valence-corrected chi connectivity index (χ3v) is 3.80. The zero-order valence-corrected chi connectivity index (χ0v) is 12.9. The van der Waals surface area contributed by atoms with E-state index in [1.807, 2.05) is 30.3 Å². The van der Waals surface area contributed by atoms with Crippen molar-refractivity contribution in [3.8, 4) is 5.75 Å². The Morgan fingerprint density at radius 3 is 2.50 bits per heavy atom. The van der Waals surface area contributed by atoms with Crippen LogP contribution in [-0.4, -0.2) is 36.0 Å². The number of urea groups is 1. The largest absolute Gasteiger partial charge is 0.489 e. The lowest BCUT2D eigenvalue weighted by Crippen LogP contribution is -2.35. The fraction of sp³-hybridized carbons (Fsp3) is 0.222. The number of halogens is 1. The Hall–Kier alpha value is -2.89. The van der Waals surface area contributed by atoms with Crippen LogP contribution in [0, 0.1) is 5.82 Å². The Balaban J connectivity index is 1.55. The van der Waals surface area contributed by atoms with E-state index in [4.69, 9.17) is 4.74 Å². The van der Waals surface area contributed by atoms with E-state index < -0.39 is 17.9 Å². The van der Waals surface area contributed by atoms with Crippen molar-refractivity contribution in [2.75, 3.05) is 13.2 Å². The molecule has 0 unspecified atom stereocenters. The van der Waals surface area contributed by atoms with Gasteiger partial charge >= 0.3 is 6.03 Å². The minimum absolute atomic E-state index is 0.0398. The summed E-state index contributed by atoms with van der Waals surface area (Å²) in [7, 11) is 0. The van der Waals surface area contributed by atoms with Crippen LogP contribution in [-0.2, 0) is 11.2 Å². The standard InChI is InChI=1S/C18H17FN2O3/c19-14-8-4-5-9-16(14)24-11-10-21-17(22)15(20-18(21)23)12-13-6-2-1-3-7-13/h1-9,15H,10-12H2,(H,20,23)/t15-/m1/s1. The van der Waals surface area contributed by atoms with Crippen LogP contribution in [0.15, 0.2) is 54.6 Å². The summed E-state index contributed by atoms with van der Waals surface area (Å²) < 4.78 is 18.8. The molecule has 1 heterocycles. The minimum atomic E-state index is -0.576. The van der Waals surface area contributed by atoms with Crippen LogP contribution in [0.25, 0.3) is 0 Å². The van der Waals surface area contributed by atoms with Gasteiger partial charge in [-0.1, -0.05) is 42.5 Å². The lowest BCUT2D eigenvalue weighted by Gasteiger charge is -2.14. The monoisotopic (exact) mass is 328 g/mol. The second-order valence-electron chi connectivity index (χ2n) is 5.46. The molecule has 124 valence electrons. The number of carbonyl (C=O) groups is 2. The molecule has 0 aromatic heterocycles. The second-order valence-corrected chi connectivity index (χ2v) is 5.46. The van der Waals surface area contributed by atoms with Gasteiger partial charge < -0.3 is 10.1 Å². The van der Waals surface area contributed by atoms with Crippen LogP contribution >= 0.6 is 0 Å². The summed E-state index contributed by atoms with van der Waals surface area (Å²) in [5.74, 6) is -0.664. The maximum Gasteiger partial charge on any atom is 0.324 e. The van der Waals surface area contributed by atoms with Crippen molar-refractivity contribution in [2.45, 2.75) is 12.5 Å². The average Bonchev–Trinajstić information content (AvgIpc) is 2.85. The normalized spacial score (nSPS) is 17.0. The lowest BCUT2D eigenvalue weighted by molar-refractivity contribution is -0.127. The van der Waals surface area contributed by atoms with Crippen molar-refractivity contribution in [1.82, 2.24) is 10.2 Å². The second kappa shape index (κ2) is 7.12. The van der Waals surface area contributed by atoms with Crippen LogP contribution in [0.4, 0.5) is 9.18 Å². The van der Waals surface area contributed by atoms with Crippen molar-refractivity contribution in [1.29, 1.82) is 0 Å². The van der Waals surface area contributed by atoms with E-state index in [9.17, 15) is 14.0 Å². The highest BCUT2D eigenvalue weighted by Crippen LogP contribution is 2.16. The molecule has 0 spiro atoms. The molecule has 0 radical (unpaired) electrons. The molecule has 6 heteroatoms. The number of imide groups is 1. The summed E-state index contributed by atoms with van der Waals surface area (Å²) in [6.45, 7) is 0.114. The maximum absolute atomic E-state index is 13.5. The Morgan fingerprint density at radius 2 is 1.75 bits per heavy atom. The molecule has 3 rings (SSSR count). The third-order valence-electron chi connectivity index (χ3n) is 3.80. The lowest BCUT2D eigenvalue weighted by atomic mass is 10.1. The number of nitrogens with zero attached hydrogens (tertiary/aromatic N) is 1. The van der Waals surface area contributed by atoms with E-state index in [1.165, 1.54) is 12.1 Å². The van der Waals surface area contributed by atoms with E-state index in [0.717, 1.165) is 10.5 Å². The summed E-state index contributed by atoms with van der Waals surface area (Å²) in [6, 6.07) is 14.5. The summed E-state index contributed by atoms with van der Waals surface area (Å²) in [6.07, 6.45) is 0.441. The highest BCUT2D eigenvalue weighted by Gasteiger charge is 2.37. The minimum Gasteiger partial charge on any atom is -0.489 e. The molecule has 1 saturated heterocycles. The van der Waals surface area contributed by atoms with Crippen molar-refractivity contribution < 1.29 is 18.7 Å². The smallest absolute Gasteiger partial charge is 0.324 e. The topological polar surface area (TPSA) is 58.6 Å². The zero-order chi connectivity index (χ0) is 16.9. The highest BCUT2D eigenvalue weighted by molar-refractivity contribution is 6.04. The predicted octanol–water partition coefficient (Wildman–Crippen LogP) is 2.37. The first-order valence-corrected chi connectivity index (χ1v) is 7.68. The Labute approximate surface area is 139 Å². The number of amides is 3. The van der Waals surface area contributed by atoms with Gasteiger partial charge in [0.05, 0.1) is 6.54 Å². The van der Waals surface area contributed by atoms with E-state index in [1.54, 1.807) is 12.1 Å². The van der Waals surface area contributed by atoms with Gasteiger partial charge in [0.25, 0.3) is 5.91 Å². The fourth-order valence-electron chi connectivity index (χ4n) is 2.59. The van der Waals surface area contributed by atoms with E-state index >= 15 is 0 Å².